The molecule has 1 aliphatic heterocycles. The molecular weight excluding hydrogens is 316 g/mol. The average Bonchev–Trinajstić information content (AvgIpc) is 2.38. The van der Waals surface area contributed by atoms with Gasteiger partial charge in [-0.15, -0.1) is 0 Å². The summed E-state index contributed by atoms with van der Waals surface area (Å²) in [6.45, 7) is 0. The number of sulfone groups is 1. The topological polar surface area (TPSA) is 116 Å². The molecule has 1 aromatic carbocycles. The summed E-state index contributed by atoms with van der Waals surface area (Å²) in [5.74, 6) is 0.149. The molecule has 2 rings (SSSR count). The lowest BCUT2D eigenvalue weighted by Gasteiger charge is -2.23. The third-order valence-corrected chi connectivity index (χ3v) is 6.99. The average molecular weight is 334 g/mol. The molecule has 0 bridgehead atoms. The Morgan fingerprint density at radius 2 is 1.90 bits per heavy atom. The number of anilines is 2. The third kappa shape index (κ3) is 3.79. The molecule has 118 valence electrons. The molecule has 1 fully saturated rings. The third-order valence-electron chi connectivity index (χ3n) is 3.42. The number of nitrogen functional groups attached to an aromatic ring is 1. The van der Waals surface area contributed by atoms with E-state index in [9.17, 15) is 16.8 Å². The first-order chi connectivity index (χ1) is 9.73. The standard InChI is InChI=1S/C12H18N2O5S2/c1-19-12-3-2-9(13)8-11(12)14-21(17,18)10-4-6-20(15,16)7-5-10/h2-3,8,10,14H,4-7,13H2,1H3. The Labute approximate surface area is 124 Å². The molecule has 0 aromatic heterocycles. The molecule has 0 unspecified atom stereocenters. The summed E-state index contributed by atoms with van der Waals surface area (Å²) in [7, 11) is -5.36. The summed E-state index contributed by atoms with van der Waals surface area (Å²) in [5.41, 5.74) is 6.30. The van der Waals surface area contributed by atoms with Gasteiger partial charge in [0, 0.05) is 5.69 Å². The molecular formula is C12H18N2O5S2. The van der Waals surface area contributed by atoms with Crippen molar-refractivity contribution in [2.24, 2.45) is 0 Å². The molecule has 1 saturated heterocycles. The number of nitrogens with one attached hydrogen (secondary N) is 1. The number of nitrogens with two attached hydrogens (primary N) is 1. The number of sulfonamides is 1. The summed E-state index contributed by atoms with van der Waals surface area (Å²) in [5, 5.41) is -0.729. The Hall–Kier alpha value is -1.48. The zero-order valence-electron chi connectivity index (χ0n) is 11.6. The van der Waals surface area contributed by atoms with Crippen LogP contribution in [0.4, 0.5) is 11.4 Å². The SMILES string of the molecule is COc1ccc(N)cc1NS(=O)(=O)C1CCS(=O)(=O)CC1. The van der Waals surface area contributed by atoms with Crippen LogP contribution in [0.3, 0.4) is 0 Å². The Kier molecular flexibility index (Phi) is 4.33. The Morgan fingerprint density at radius 3 is 2.48 bits per heavy atom. The normalized spacial score (nSPS) is 19.1. The first-order valence-electron chi connectivity index (χ1n) is 6.39. The van der Waals surface area contributed by atoms with Gasteiger partial charge in [0.2, 0.25) is 10.0 Å². The Morgan fingerprint density at radius 1 is 1.29 bits per heavy atom. The molecule has 0 saturated carbocycles. The molecule has 0 aliphatic carbocycles. The molecule has 1 aromatic rings. The van der Waals surface area contributed by atoms with Crippen LogP contribution in [0.15, 0.2) is 18.2 Å². The molecule has 0 radical (unpaired) electrons. The van der Waals surface area contributed by atoms with E-state index in [1.807, 2.05) is 0 Å². The van der Waals surface area contributed by atoms with Crippen LogP contribution >= 0.6 is 0 Å². The second-order valence-electron chi connectivity index (χ2n) is 4.96. The fourth-order valence-electron chi connectivity index (χ4n) is 2.22. The van der Waals surface area contributed by atoms with E-state index < -0.39 is 25.1 Å². The van der Waals surface area contributed by atoms with E-state index in [0.29, 0.717) is 11.4 Å². The van der Waals surface area contributed by atoms with Crippen molar-refractivity contribution in [3.05, 3.63) is 18.2 Å². The molecule has 0 amide bonds. The number of methoxy groups -OCH3 is 1. The van der Waals surface area contributed by atoms with Crippen LogP contribution in [-0.4, -0.2) is 40.7 Å². The minimum atomic E-state index is -3.69. The fraction of sp³-hybridized carbons (Fsp3) is 0.500. The second kappa shape index (κ2) is 5.72. The minimum absolute atomic E-state index is 0.0995. The van der Waals surface area contributed by atoms with Crippen molar-refractivity contribution in [3.63, 3.8) is 0 Å². The van der Waals surface area contributed by atoms with Gasteiger partial charge in [-0.3, -0.25) is 4.72 Å². The van der Waals surface area contributed by atoms with E-state index in [4.69, 9.17) is 10.5 Å². The maximum absolute atomic E-state index is 12.3. The van der Waals surface area contributed by atoms with Crippen molar-refractivity contribution < 1.29 is 21.6 Å². The summed E-state index contributed by atoms with van der Waals surface area (Å²) in [4.78, 5) is 0. The summed E-state index contributed by atoms with van der Waals surface area (Å²) < 4.78 is 55.0. The first kappa shape index (κ1) is 15.9. The zero-order valence-corrected chi connectivity index (χ0v) is 13.2. The summed E-state index contributed by atoms with van der Waals surface area (Å²) in [6.07, 6.45) is 0.199. The van der Waals surface area contributed by atoms with Crippen molar-refractivity contribution in [1.29, 1.82) is 0 Å². The van der Waals surface area contributed by atoms with Crippen molar-refractivity contribution in [2.45, 2.75) is 18.1 Å². The van der Waals surface area contributed by atoms with E-state index in [1.165, 1.54) is 13.2 Å². The van der Waals surface area contributed by atoms with Gasteiger partial charge in [-0.25, -0.2) is 16.8 Å². The van der Waals surface area contributed by atoms with Gasteiger partial charge in [-0.2, -0.15) is 0 Å². The molecule has 9 heteroatoms. The molecule has 3 N–H and O–H groups in total. The van der Waals surface area contributed by atoms with E-state index in [1.54, 1.807) is 12.1 Å². The van der Waals surface area contributed by atoms with Gasteiger partial charge < -0.3 is 10.5 Å². The van der Waals surface area contributed by atoms with E-state index in [-0.39, 0.29) is 30.0 Å². The Balaban J connectivity index is 2.20. The second-order valence-corrected chi connectivity index (χ2v) is 9.22. The molecule has 7 nitrogen and oxygen atoms in total. The van der Waals surface area contributed by atoms with Crippen LogP contribution in [0.5, 0.6) is 5.75 Å². The largest absolute Gasteiger partial charge is 0.495 e. The van der Waals surface area contributed by atoms with Gasteiger partial charge in [0.05, 0.1) is 29.6 Å². The van der Waals surface area contributed by atoms with Crippen molar-refractivity contribution in [2.75, 3.05) is 29.1 Å². The van der Waals surface area contributed by atoms with Crippen LogP contribution in [-0.2, 0) is 19.9 Å². The van der Waals surface area contributed by atoms with Gasteiger partial charge in [0.25, 0.3) is 0 Å². The quantitative estimate of drug-likeness (QED) is 0.779. The maximum Gasteiger partial charge on any atom is 0.235 e. The number of hydrogen-bond donors (Lipinski definition) is 2. The smallest absolute Gasteiger partial charge is 0.235 e. The lowest BCUT2D eigenvalue weighted by molar-refractivity contribution is 0.417. The van der Waals surface area contributed by atoms with Crippen molar-refractivity contribution >= 4 is 31.2 Å². The van der Waals surface area contributed by atoms with Crippen LogP contribution in [0, 0.1) is 0 Å². The first-order valence-corrected chi connectivity index (χ1v) is 9.76. The molecule has 21 heavy (non-hydrogen) atoms. The minimum Gasteiger partial charge on any atom is -0.495 e. The number of benzene rings is 1. The van der Waals surface area contributed by atoms with Crippen LogP contribution < -0.4 is 15.2 Å². The highest BCUT2D eigenvalue weighted by molar-refractivity contribution is 7.94. The van der Waals surface area contributed by atoms with Gasteiger partial charge in [0.15, 0.2) is 0 Å². The number of rotatable bonds is 4. The summed E-state index contributed by atoms with van der Waals surface area (Å²) in [6, 6.07) is 4.64. The molecule has 0 spiro atoms. The van der Waals surface area contributed by atoms with Crippen molar-refractivity contribution in [1.82, 2.24) is 0 Å². The highest BCUT2D eigenvalue weighted by atomic mass is 32.2. The van der Waals surface area contributed by atoms with Crippen molar-refractivity contribution in [3.8, 4) is 5.75 Å². The van der Waals surface area contributed by atoms with E-state index in [0.717, 1.165) is 0 Å². The monoisotopic (exact) mass is 334 g/mol. The van der Waals surface area contributed by atoms with Gasteiger partial charge in [-0.05, 0) is 31.0 Å². The molecule has 1 aliphatic rings. The molecule has 0 atom stereocenters. The lowest BCUT2D eigenvalue weighted by atomic mass is 10.2. The van der Waals surface area contributed by atoms with Gasteiger partial charge in [0.1, 0.15) is 15.6 Å². The summed E-state index contributed by atoms with van der Waals surface area (Å²) >= 11 is 0. The van der Waals surface area contributed by atoms with E-state index in [2.05, 4.69) is 4.72 Å². The Bertz CT molecular complexity index is 714. The zero-order chi connectivity index (χ0) is 15.7. The fourth-order valence-corrected chi connectivity index (χ4v) is 5.50. The predicted octanol–water partition coefficient (Wildman–Crippen LogP) is 0.596. The highest BCUT2D eigenvalue weighted by Crippen LogP contribution is 2.29. The van der Waals surface area contributed by atoms with Crippen LogP contribution in [0.25, 0.3) is 0 Å². The van der Waals surface area contributed by atoms with Gasteiger partial charge in [-0.1, -0.05) is 0 Å². The van der Waals surface area contributed by atoms with Crippen LogP contribution in [0.1, 0.15) is 12.8 Å². The number of ether oxygens (including phenoxy) is 1. The highest BCUT2D eigenvalue weighted by Gasteiger charge is 2.33. The number of hydrogen-bond acceptors (Lipinski definition) is 6. The van der Waals surface area contributed by atoms with Gasteiger partial charge >= 0.3 is 0 Å². The maximum atomic E-state index is 12.3. The predicted molar refractivity (Wildman–Crippen MR) is 81.6 cm³/mol. The molecule has 1 heterocycles. The van der Waals surface area contributed by atoms with E-state index >= 15 is 0 Å². The lowest BCUT2D eigenvalue weighted by Crippen LogP contribution is -2.36. The van der Waals surface area contributed by atoms with Crippen LogP contribution in [0.2, 0.25) is 0 Å².